The highest BCUT2D eigenvalue weighted by molar-refractivity contribution is 6.01. The molecule has 0 spiro atoms. The minimum atomic E-state index is 0.168. The topological polar surface area (TPSA) is 23.6 Å². The number of allylic oxidation sites excluding steroid dienone is 1. The third-order valence-electron chi connectivity index (χ3n) is 4.02. The van der Waals surface area contributed by atoms with E-state index >= 15 is 0 Å². The van der Waals surface area contributed by atoms with Crippen LogP contribution in [0.5, 0.6) is 0 Å². The largest absolute Gasteiger partial charge is 0.378 e. The second-order valence-electron chi connectivity index (χ2n) is 6.37. The molecule has 0 aromatic heterocycles. The summed E-state index contributed by atoms with van der Waals surface area (Å²) in [7, 11) is 8.13. The van der Waals surface area contributed by atoms with Crippen LogP contribution in [-0.2, 0) is 4.79 Å². The Morgan fingerprint density at radius 3 is 2.38 bits per heavy atom. The van der Waals surface area contributed by atoms with Gasteiger partial charge in [0.25, 0.3) is 0 Å². The van der Waals surface area contributed by atoms with Crippen LogP contribution in [0.3, 0.4) is 0 Å². The molecule has 1 fully saturated rings. The van der Waals surface area contributed by atoms with Crippen LogP contribution in [0.25, 0.3) is 6.08 Å². The van der Waals surface area contributed by atoms with Gasteiger partial charge in [-0.25, -0.2) is 0 Å². The lowest BCUT2D eigenvalue weighted by atomic mass is 9.83. The molecule has 2 rings (SSSR count). The lowest BCUT2D eigenvalue weighted by Gasteiger charge is -2.25. The van der Waals surface area contributed by atoms with E-state index in [1.54, 1.807) is 0 Å². The van der Waals surface area contributed by atoms with E-state index in [4.69, 9.17) is 0 Å². The molecule has 1 atom stereocenters. The van der Waals surface area contributed by atoms with E-state index < -0.39 is 0 Å². The van der Waals surface area contributed by atoms with Gasteiger partial charge in [0.2, 0.25) is 0 Å². The lowest BCUT2D eigenvalue weighted by Crippen LogP contribution is -2.31. The summed E-state index contributed by atoms with van der Waals surface area (Å²) in [5.74, 6) is 0.507. The van der Waals surface area contributed by atoms with E-state index in [0.29, 0.717) is 5.78 Å². The number of rotatable bonds is 4. The van der Waals surface area contributed by atoms with Crippen LogP contribution in [0.15, 0.2) is 29.8 Å². The summed E-state index contributed by atoms with van der Waals surface area (Å²) < 4.78 is 0. The molecule has 1 aliphatic carbocycles. The number of benzene rings is 1. The molecule has 1 aromatic carbocycles. The van der Waals surface area contributed by atoms with E-state index in [2.05, 4.69) is 40.1 Å². The van der Waals surface area contributed by atoms with Gasteiger partial charge in [-0.3, -0.25) is 4.79 Å². The first-order chi connectivity index (χ1) is 9.97. The quantitative estimate of drug-likeness (QED) is 0.795. The number of nitrogens with zero attached hydrogens (tertiary/aromatic N) is 2. The molecule has 0 radical (unpaired) electrons. The van der Waals surface area contributed by atoms with Gasteiger partial charge in [0.05, 0.1) is 0 Å². The highest BCUT2D eigenvalue weighted by Gasteiger charge is 2.26. The Morgan fingerprint density at radius 1 is 1.14 bits per heavy atom. The summed E-state index contributed by atoms with van der Waals surface area (Å²) in [6.45, 7) is 0.857. The van der Waals surface area contributed by atoms with E-state index in [0.717, 1.165) is 36.9 Å². The normalized spacial score (nSPS) is 21.1. The average molecular weight is 286 g/mol. The maximum atomic E-state index is 12.5. The molecule has 0 amide bonds. The number of carbonyl (C=O) groups is 1. The fraction of sp³-hybridized carbons (Fsp3) is 0.500. The number of hydrogen-bond acceptors (Lipinski definition) is 3. The summed E-state index contributed by atoms with van der Waals surface area (Å²) >= 11 is 0. The average Bonchev–Trinajstić information content (AvgIpc) is 2.43. The molecule has 1 aromatic rings. The van der Waals surface area contributed by atoms with Gasteiger partial charge in [-0.2, -0.15) is 0 Å². The summed E-state index contributed by atoms with van der Waals surface area (Å²) in [6.07, 6.45) is 5.13. The molecule has 0 N–H and O–H groups in total. The highest BCUT2D eigenvalue weighted by atomic mass is 16.1. The third kappa shape index (κ3) is 4.18. The predicted molar refractivity (Wildman–Crippen MR) is 89.6 cm³/mol. The molecule has 21 heavy (non-hydrogen) atoms. The van der Waals surface area contributed by atoms with Gasteiger partial charge < -0.3 is 9.80 Å². The molecule has 3 heteroatoms. The van der Waals surface area contributed by atoms with Gasteiger partial charge in [0, 0.05) is 32.2 Å². The SMILES string of the molecule is CN(C)C[C@@H]1CCC/C(=C\c2ccc(N(C)C)cc2)C1=O. The second kappa shape index (κ2) is 6.90. The molecule has 3 nitrogen and oxygen atoms in total. The van der Waals surface area contributed by atoms with Crippen LogP contribution in [0, 0.1) is 5.92 Å². The Hall–Kier alpha value is -1.61. The first-order valence-corrected chi connectivity index (χ1v) is 7.64. The van der Waals surface area contributed by atoms with E-state index in [1.165, 1.54) is 5.69 Å². The summed E-state index contributed by atoms with van der Waals surface area (Å²) in [5.41, 5.74) is 3.29. The Kier molecular flexibility index (Phi) is 5.18. The fourth-order valence-corrected chi connectivity index (χ4v) is 2.88. The number of ketones is 1. The fourth-order valence-electron chi connectivity index (χ4n) is 2.88. The van der Waals surface area contributed by atoms with Gasteiger partial charge in [0.15, 0.2) is 5.78 Å². The van der Waals surface area contributed by atoms with Crippen LogP contribution in [-0.4, -0.2) is 45.4 Å². The van der Waals surface area contributed by atoms with Crippen LogP contribution >= 0.6 is 0 Å². The smallest absolute Gasteiger partial charge is 0.163 e. The van der Waals surface area contributed by atoms with Gasteiger partial charge in [-0.15, -0.1) is 0 Å². The summed E-state index contributed by atoms with van der Waals surface area (Å²) in [6, 6.07) is 8.37. The minimum Gasteiger partial charge on any atom is -0.378 e. The third-order valence-corrected chi connectivity index (χ3v) is 4.02. The first-order valence-electron chi connectivity index (χ1n) is 7.64. The Morgan fingerprint density at radius 2 is 1.81 bits per heavy atom. The van der Waals surface area contributed by atoms with E-state index in [1.807, 2.05) is 28.2 Å². The Bertz CT molecular complexity index is 515. The van der Waals surface area contributed by atoms with Crippen molar-refractivity contribution in [3.8, 4) is 0 Å². The number of anilines is 1. The highest BCUT2D eigenvalue weighted by Crippen LogP contribution is 2.27. The van der Waals surface area contributed by atoms with Crippen LogP contribution < -0.4 is 4.90 Å². The van der Waals surface area contributed by atoms with Crippen molar-refractivity contribution in [2.75, 3.05) is 39.6 Å². The molecule has 0 bridgehead atoms. The Balaban J connectivity index is 2.13. The predicted octanol–water partition coefficient (Wildman–Crippen LogP) is 3.07. The summed E-state index contributed by atoms with van der Waals surface area (Å²) in [5, 5.41) is 0. The number of Topliss-reactive ketones (excluding diaryl/α,β-unsaturated/α-hetero) is 1. The summed E-state index contributed by atoms with van der Waals surface area (Å²) in [4.78, 5) is 16.7. The monoisotopic (exact) mass is 286 g/mol. The molecule has 1 aliphatic rings. The lowest BCUT2D eigenvalue weighted by molar-refractivity contribution is -0.120. The van der Waals surface area contributed by atoms with Crippen molar-refractivity contribution in [2.45, 2.75) is 19.3 Å². The number of hydrogen-bond donors (Lipinski definition) is 0. The zero-order chi connectivity index (χ0) is 15.4. The minimum absolute atomic E-state index is 0.168. The van der Waals surface area contributed by atoms with E-state index in [-0.39, 0.29) is 5.92 Å². The van der Waals surface area contributed by atoms with Crippen molar-refractivity contribution in [3.63, 3.8) is 0 Å². The number of carbonyl (C=O) groups excluding carboxylic acids is 1. The molecule has 114 valence electrons. The van der Waals surface area contributed by atoms with Crippen molar-refractivity contribution < 1.29 is 4.79 Å². The molecule has 0 heterocycles. The van der Waals surface area contributed by atoms with E-state index in [9.17, 15) is 4.79 Å². The molecular weight excluding hydrogens is 260 g/mol. The second-order valence-corrected chi connectivity index (χ2v) is 6.37. The molecule has 0 unspecified atom stereocenters. The van der Waals surface area contributed by atoms with Gasteiger partial charge >= 0.3 is 0 Å². The van der Waals surface area contributed by atoms with Crippen LogP contribution in [0.2, 0.25) is 0 Å². The van der Waals surface area contributed by atoms with Crippen molar-refractivity contribution in [1.82, 2.24) is 4.90 Å². The van der Waals surface area contributed by atoms with Crippen LogP contribution in [0.4, 0.5) is 5.69 Å². The standard InChI is InChI=1S/C18H26N2O/c1-19(2)13-16-7-5-6-15(18(16)21)12-14-8-10-17(11-9-14)20(3)4/h8-12,16H,5-7,13H2,1-4H3/b15-12+/t16-/m0/s1. The van der Waals surface area contributed by atoms with Gasteiger partial charge in [-0.05, 0) is 62.7 Å². The molecule has 0 aliphatic heterocycles. The van der Waals surface area contributed by atoms with Crippen molar-refractivity contribution in [3.05, 3.63) is 35.4 Å². The van der Waals surface area contributed by atoms with Crippen molar-refractivity contribution in [2.24, 2.45) is 5.92 Å². The van der Waals surface area contributed by atoms with Crippen molar-refractivity contribution in [1.29, 1.82) is 0 Å². The zero-order valence-corrected chi connectivity index (χ0v) is 13.6. The maximum absolute atomic E-state index is 12.5. The van der Waals surface area contributed by atoms with Crippen molar-refractivity contribution >= 4 is 17.5 Å². The maximum Gasteiger partial charge on any atom is 0.163 e. The molecular formula is C18H26N2O. The molecule has 0 saturated heterocycles. The van der Waals surface area contributed by atoms with Gasteiger partial charge in [-0.1, -0.05) is 12.1 Å². The van der Waals surface area contributed by atoms with Crippen LogP contribution in [0.1, 0.15) is 24.8 Å². The van der Waals surface area contributed by atoms with Gasteiger partial charge in [0.1, 0.15) is 0 Å². The first kappa shape index (κ1) is 15.8. The Labute approximate surface area is 128 Å². The zero-order valence-electron chi connectivity index (χ0n) is 13.6. The molecule has 1 saturated carbocycles.